The summed E-state index contributed by atoms with van der Waals surface area (Å²) in [5, 5.41) is 7.53. The molecule has 4 aromatic rings. The standard InChI is InChI=1S/C27H28F3N7/c1-18-32-19(2)37(35-18)23-9-7-22(8-10-23)33-26-31-12-11-25(34-26)20-15-21(27(28,29)30)17-24(16-20)36-13-5-3-4-6-14-36/h7-12,15-17H,3-6,13-14H2,1-2H3,(H,31,33,34). The van der Waals surface area contributed by atoms with Crippen molar-refractivity contribution in [2.24, 2.45) is 0 Å². The van der Waals surface area contributed by atoms with E-state index in [1.54, 1.807) is 23.0 Å². The Hall–Kier alpha value is -3.95. The van der Waals surface area contributed by atoms with Crippen LogP contribution in [0.4, 0.5) is 30.5 Å². The smallest absolute Gasteiger partial charge is 0.372 e. The monoisotopic (exact) mass is 507 g/mol. The highest BCUT2D eigenvalue weighted by Gasteiger charge is 2.32. The molecule has 0 atom stereocenters. The predicted octanol–water partition coefficient (Wildman–Crippen LogP) is 6.48. The van der Waals surface area contributed by atoms with Crippen molar-refractivity contribution in [3.63, 3.8) is 0 Å². The fourth-order valence-corrected chi connectivity index (χ4v) is 4.59. The molecule has 0 amide bonds. The van der Waals surface area contributed by atoms with Crippen molar-refractivity contribution in [1.82, 2.24) is 24.7 Å². The van der Waals surface area contributed by atoms with Crippen molar-refractivity contribution in [2.45, 2.75) is 45.7 Å². The minimum atomic E-state index is -4.45. The molecule has 1 fully saturated rings. The maximum Gasteiger partial charge on any atom is 0.416 e. The Balaban J connectivity index is 1.42. The molecule has 1 aliphatic heterocycles. The first-order valence-corrected chi connectivity index (χ1v) is 12.3. The lowest BCUT2D eigenvalue weighted by Gasteiger charge is -2.24. The van der Waals surface area contributed by atoms with Gasteiger partial charge in [0.25, 0.3) is 0 Å². The lowest BCUT2D eigenvalue weighted by atomic mass is 10.0. The second kappa shape index (κ2) is 10.2. The summed E-state index contributed by atoms with van der Waals surface area (Å²) in [6, 6.07) is 13.4. The Morgan fingerprint density at radius 2 is 1.57 bits per heavy atom. The van der Waals surface area contributed by atoms with Gasteiger partial charge in [0.15, 0.2) is 0 Å². The van der Waals surface area contributed by atoms with Gasteiger partial charge in [-0.15, -0.1) is 0 Å². The Labute approximate surface area is 213 Å². The van der Waals surface area contributed by atoms with E-state index in [1.165, 1.54) is 6.07 Å². The molecule has 1 aliphatic rings. The van der Waals surface area contributed by atoms with E-state index in [0.717, 1.165) is 62.0 Å². The van der Waals surface area contributed by atoms with Gasteiger partial charge in [-0.2, -0.15) is 18.3 Å². The van der Waals surface area contributed by atoms with Crippen LogP contribution in [0.1, 0.15) is 42.9 Å². The maximum absolute atomic E-state index is 13.8. The van der Waals surface area contributed by atoms with Crippen molar-refractivity contribution >= 4 is 17.3 Å². The minimum Gasteiger partial charge on any atom is -0.372 e. The molecule has 0 saturated carbocycles. The molecule has 5 rings (SSSR count). The summed E-state index contributed by atoms with van der Waals surface area (Å²) >= 11 is 0. The van der Waals surface area contributed by atoms with Gasteiger partial charge < -0.3 is 10.2 Å². The van der Waals surface area contributed by atoms with Gasteiger partial charge in [-0.3, -0.25) is 0 Å². The summed E-state index contributed by atoms with van der Waals surface area (Å²) in [6.45, 7) is 5.23. The van der Waals surface area contributed by atoms with Gasteiger partial charge in [-0.25, -0.2) is 19.6 Å². The lowest BCUT2D eigenvalue weighted by Crippen LogP contribution is -2.24. The number of nitrogens with one attached hydrogen (secondary N) is 1. The number of anilines is 3. The van der Waals surface area contributed by atoms with Crippen molar-refractivity contribution in [1.29, 1.82) is 0 Å². The normalized spacial score (nSPS) is 14.5. The summed E-state index contributed by atoms with van der Waals surface area (Å²) in [7, 11) is 0. The van der Waals surface area contributed by atoms with Crippen LogP contribution in [0.25, 0.3) is 16.9 Å². The van der Waals surface area contributed by atoms with Gasteiger partial charge in [0.05, 0.1) is 16.9 Å². The van der Waals surface area contributed by atoms with Gasteiger partial charge in [0.1, 0.15) is 11.6 Å². The molecular weight excluding hydrogens is 479 g/mol. The van der Waals surface area contributed by atoms with Gasteiger partial charge in [-0.05, 0) is 75.2 Å². The number of nitrogens with zero attached hydrogens (tertiary/aromatic N) is 6. The summed E-state index contributed by atoms with van der Waals surface area (Å²) in [6.07, 6.45) is 1.24. The van der Waals surface area contributed by atoms with Crippen LogP contribution >= 0.6 is 0 Å². The Bertz CT molecular complexity index is 1370. The molecule has 2 aromatic carbocycles. The fraction of sp³-hybridized carbons (Fsp3) is 0.333. The SMILES string of the molecule is Cc1nc(C)n(-c2ccc(Nc3nccc(-c4cc(N5CCCCCC5)cc(C(F)(F)F)c4)n3)cc2)n1. The van der Waals surface area contributed by atoms with Crippen molar-refractivity contribution in [3.8, 4) is 16.9 Å². The largest absolute Gasteiger partial charge is 0.416 e. The van der Waals surface area contributed by atoms with Crippen LogP contribution in [0.15, 0.2) is 54.7 Å². The molecule has 37 heavy (non-hydrogen) atoms. The molecule has 2 aromatic heterocycles. The third-order valence-corrected chi connectivity index (χ3v) is 6.41. The third-order valence-electron chi connectivity index (χ3n) is 6.41. The summed E-state index contributed by atoms with van der Waals surface area (Å²) < 4.78 is 43.1. The number of aryl methyl sites for hydroxylation is 2. The molecular formula is C27H28F3N7. The van der Waals surface area contributed by atoms with Crippen molar-refractivity contribution in [2.75, 3.05) is 23.3 Å². The predicted molar refractivity (Wildman–Crippen MR) is 137 cm³/mol. The van der Waals surface area contributed by atoms with Crippen LogP contribution in [0.5, 0.6) is 0 Å². The van der Waals surface area contributed by atoms with E-state index in [9.17, 15) is 13.2 Å². The number of hydrogen-bond donors (Lipinski definition) is 1. The highest BCUT2D eigenvalue weighted by Crippen LogP contribution is 2.36. The maximum atomic E-state index is 13.8. The van der Waals surface area contributed by atoms with E-state index in [-0.39, 0.29) is 0 Å². The van der Waals surface area contributed by atoms with E-state index in [0.29, 0.717) is 28.7 Å². The quantitative estimate of drug-likeness (QED) is 0.333. The Kier molecular flexibility index (Phi) is 6.82. The highest BCUT2D eigenvalue weighted by atomic mass is 19.4. The minimum absolute atomic E-state index is 0.298. The van der Waals surface area contributed by atoms with Crippen molar-refractivity contribution < 1.29 is 13.2 Å². The number of aromatic nitrogens is 5. The van der Waals surface area contributed by atoms with E-state index in [1.807, 2.05) is 43.0 Å². The van der Waals surface area contributed by atoms with Crippen LogP contribution in [0.2, 0.25) is 0 Å². The van der Waals surface area contributed by atoms with Crippen LogP contribution < -0.4 is 10.2 Å². The second-order valence-electron chi connectivity index (χ2n) is 9.22. The zero-order valence-corrected chi connectivity index (χ0v) is 20.8. The lowest BCUT2D eigenvalue weighted by molar-refractivity contribution is -0.137. The first-order chi connectivity index (χ1) is 17.8. The Morgan fingerprint density at radius 1 is 0.838 bits per heavy atom. The number of benzene rings is 2. The Morgan fingerprint density at radius 3 is 2.22 bits per heavy atom. The van der Waals surface area contributed by atoms with Gasteiger partial charge in [0.2, 0.25) is 5.95 Å². The van der Waals surface area contributed by atoms with E-state index >= 15 is 0 Å². The van der Waals surface area contributed by atoms with Crippen molar-refractivity contribution in [3.05, 3.63) is 71.9 Å². The fourth-order valence-electron chi connectivity index (χ4n) is 4.59. The summed E-state index contributed by atoms with van der Waals surface area (Å²) in [4.78, 5) is 15.2. The second-order valence-corrected chi connectivity index (χ2v) is 9.22. The topological polar surface area (TPSA) is 71.8 Å². The first-order valence-electron chi connectivity index (χ1n) is 12.3. The molecule has 10 heteroatoms. The molecule has 0 spiro atoms. The first kappa shape index (κ1) is 24.7. The summed E-state index contributed by atoms with van der Waals surface area (Å²) in [5.74, 6) is 1.78. The molecule has 3 heterocycles. The van der Waals surface area contributed by atoms with E-state index in [2.05, 4.69) is 25.4 Å². The summed E-state index contributed by atoms with van der Waals surface area (Å²) in [5.41, 5.74) is 2.34. The van der Waals surface area contributed by atoms with Gasteiger partial charge >= 0.3 is 6.18 Å². The molecule has 1 saturated heterocycles. The number of alkyl halides is 3. The molecule has 0 bridgehead atoms. The zero-order chi connectivity index (χ0) is 26.0. The number of halogens is 3. The van der Waals surface area contributed by atoms with Crippen LogP contribution in [-0.4, -0.2) is 37.8 Å². The molecule has 0 aliphatic carbocycles. The molecule has 1 N–H and O–H groups in total. The number of hydrogen-bond acceptors (Lipinski definition) is 6. The molecule has 0 radical (unpaired) electrons. The van der Waals surface area contributed by atoms with E-state index in [4.69, 9.17) is 0 Å². The number of rotatable bonds is 5. The molecule has 7 nitrogen and oxygen atoms in total. The molecule has 192 valence electrons. The molecule has 0 unspecified atom stereocenters. The van der Waals surface area contributed by atoms with Gasteiger partial charge in [0, 0.05) is 36.2 Å². The zero-order valence-electron chi connectivity index (χ0n) is 20.8. The highest BCUT2D eigenvalue weighted by molar-refractivity contribution is 5.69. The van der Waals surface area contributed by atoms with Crippen LogP contribution in [0.3, 0.4) is 0 Å². The average molecular weight is 508 g/mol. The average Bonchev–Trinajstić information content (AvgIpc) is 3.06. The van der Waals surface area contributed by atoms with Crippen LogP contribution in [-0.2, 0) is 6.18 Å². The third kappa shape index (κ3) is 5.73. The van der Waals surface area contributed by atoms with E-state index < -0.39 is 11.7 Å². The van der Waals surface area contributed by atoms with Crippen LogP contribution in [0, 0.1) is 13.8 Å². The van der Waals surface area contributed by atoms with Gasteiger partial charge in [-0.1, -0.05) is 12.8 Å².